The lowest BCUT2D eigenvalue weighted by Crippen LogP contribution is -2.29. The zero-order valence-electron chi connectivity index (χ0n) is 16.1. The zero-order chi connectivity index (χ0) is 20.2. The average Bonchev–Trinajstić information content (AvgIpc) is 3.21. The molecule has 1 aromatic heterocycles. The molecule has 0 bridgehead atoms. The van der Waals surface area contributed by atoms with Crippen LogP contribution in [0.25, 0.3) is 0 Å². The minimum Gasteiger partial charge on any atom is -0.497 e. The largest absolute Gasteiger partial charge is 0.497 e. The Hall–Kier alpha value is -3.67. The molecule has 2 amide bonds. The van der Waals surface area contributed by atoms with E-state index < -0.39 is 0 Å². The molecule has 29 heavy (non-hydrogen) atoms. The molecule has 2 heterocycles. The molecule has 1 aliphatic rings. The van der Waals surface area contributed by atoms with Crippen molar-refractivity contribution >= 4 is 17.5 Å². The summed E-state index contributed by atoms with van der Waals surface area (Å²) in [7, 11) is 1.59. The number of rotatable bonds is 5. The Labute approximate surface area is 169 Å². The molecule has 0 aliphatic carbocycles. The van der Waals surface area contributed by atoms with Crippen LogP contribution in [0, 0.1) is 0 Å². The highest BCUT2D eigenvalue weighted by molar-refractivity contribution is 6.08. The van der Waals surface area contributed by atoms with Crippen LogP contribution in [0.4, 0.5) is 5.69 Å². The Morgan fingerprint density at radius 3 is 2.48 bits per heavy atom. The normalized spacial score (nSPS) is 12.4. The number of fused-ring (bicyclic) bond motifs is 1. The Morgan fingerprint density at radius 2 is 1.76 bits per heavy atom. The van der Waals surface area contributed by atoms with Crippen molar-refractivity contribution in [2.75, 3.05) is 18.6 Å². The van der Waals surface area contributed by atoms with Crippen molar-refractivity contribution in [2.45, 2.75) is 13.0 Å². The van der Waals surface area contributed by atoms with Crippen molar-refractivity contribution < 1.29 is 14.3 Å². The van der Waals surface area contributed by atoms with Crippen LogP contribution in [-0.2, 0) is 13.0 Å². The van der Waals surface area contributed by atoms with Gasteiger partial charge in [-0.15, -0.1) is 0 Å². The van der Waals surface area contributed by atoms with E-state index in [4.69, 9.17) is 4.74 Å². The van der Waals surface area contributed by atoms with Gasteiger partial charge in [-0.25, -0.2) is 0 Å². The highest BCUT2D eigenvalue weighted by Crippen LogP contribution is 2.30. The van der Waals surface area contributed by atoms with E-state index in [0.29, 0.717) is 30.0 Å². The fourth-order valence-electron chi connectivity index (χ4n) is 3.41. The summed E-state index contributed by atoms with van der Waals surface area (Å²) < 4.78 is 5.15. The molecule has 3 aromatic rings. The van der Waals surface area contributed by atoms with Crippen molar-refractivity contribution in [2.24, 2.45) is 0 Å². The number of pyridine rings is 1. The SMILES string of the molecule is COc1ccc(C(=O)N2CCc3ccc(C(=O)NCc4ccncc4)cc32)cc1. The number of benzene rings is 2. The van der Waals surface area contributed by atoms with Gasteiger partial charge in [0.15, 0.2) is 0 Å². The molecule has 0 fully saturated rings. The van der Waals surface area contributed by atoms with Crippen LogP contribution in [0.15, 0.2) is 67.0 Å². The summed E-state index contributed by atoms with van der Waals surface area (Å²) in [4.78, 5) is 31.3. The predicted molar refractivity (Wildman–Crippen MR) is 110 cm³/mol. The summed E-state index contributed by atoms with van der Waals surface area (Å²) in [5.74, 6) is 0.450. The number of hydrogen-bond donors (Lipinski definition) is 1. The topological polar surface area (TPSA) is 71.5 Å². The second-order valence-electron chi connectivity index (χ2n) is 6.82. The number of anilines is 1. The number of aromatic nitrogens is 1. The third-order valence-corrected chi connectivity index (χ3v) is 5.03. The van der Waals surface area contributed by atoms with Crippen LogP contribution in [-0.4, -0.2) is 30.5 Å². The number of nitrogens with zero attached hydrogens (tertiary/aromatic N) is 2. The first kappa shape index (κ1) is 18.7. The highest BCUT2D eigenvalue weighted by Gasteiger charge is 2.26. The van der Waals surface area contributed by atoms with E-state index in [2.05, 4.69) is 10.3 Å². The maximum absolute atomic E-state index is 13.0. The fourth-order valence-corrected chi connectivity index (χ4v) is 3.41. The van der Waals surface area contributed by atoms with Gasteiger partial charge in [0.05, 0.1) is 7.11 Å². The Bertz CT molecular complexity index is 1030. The van der Waals surface area contributed by atoms with E-state index in [1.165, 1.54) is 0 Å². The van der Waals surface area contributed by atoms with Crippen molar-refractivity contribution in [3.8, 4) is 5.75 Å². The van der Waals surface area contributed by atoms with Crippen molar-refractivity contribution in [3.05, 3.63) is 89.2 Å². The standard InChI is InChI=1S/C23H21N3O3/c1-29-20-6-4-18(5-7-20)23(28)26-13-10-17-2-3-19(14-21(17)26)22(27)25-15-16-8-11-24-12-9-16/h2-9,11-12,14H,10,13,15H2,1H3,(H,25,27). The van der Waals surface area contributed by atoms with Gasteiger partial charge in [-0.3, -0.25) is 14.6 Å². The van der Waals surface area contributed by atoms with Crippen LogP contribution in [0.5, 0.6) is 5.75 Å². The number of hydrogen-bond acceptors (Lipinski definition) is 4. The second-order valence-corrected chi connectivity index (χ2v) is 6.82. The van der Waals surface area contributed by atoms with Crippen molar-refractivity contribution in [1.82, 2.24) is 10.3 Å². The molecule has 0 saturated heterocycles. The molecule has 0 saturated carbocycles. The van der Waals surface area contributed by atoms with E-state index in [1.807, 2.05) is 24.3 Å². The molecule has 1 aliphatic heterocycles. The number of carbonyl (C=O) groups is 2. The molecule has 6 nitrogen and oxygen atoms in total. The fraction of sp³-hybridized carbons (Fsp3) is 0.174. The van der Waals surface area contributed by atoms with Gasteiger partial charge in [0.25, 0.3) is 11.8 Å². The molecule has 2 aromatic carbocycles. The lowest BCUT2D eigenvalue weighted by molar-refractivity contribution is 0.0948. The Kier molecular flexibility index (Phi) is 5.24. The quantitative estimate of drug-likeness (QED) is 0.730. The Balaban J connectivity index is 1.51. The van der Waals surface area contributed by atoms with E-state index in [9.17, 15) is 9.59 Å². The van der Waals surface area contributed by atoms with Gasteiger partial charge in [-0.05, 0) is 66.1 Å². The molecular weight excluding hydrogens is 366 g/mol. The van der Waals surface area contributed by atoms with Crippen LogP contribution in [0.1, 0.15) is 31.8 Å². The van der Waals surface area contributed by atoms with Gasteiger partial charge in [-0.1, -0.05) is 6.07 Å². The minimum absolute atomic E-state index is 0.0826. The molecule has 4 rings (SSSR count). The predicted octanol–water partition coefficient (Wildman–Crippen LogP) is 3.22. The summed E-state index contributed by atoms with van der Waals surface area (Å²) >= 11 is 0. The van der Waals surface area contributed by atoms with Gasteiger partial charge in [-0.2, -0.15) is 0 Å². The number of methoxy groups -OCH3 is 1. The molecule has 0 spiro atoms. The van der Waals surface area contributed by atoms with Gasteiger partial charge in [0, 0.05) is 42.3 Å². The first-order valence-electron chi connectivity index (χ1n) is 9.41. The van der Waals surface area contributed by atoms with Crippen LogP contribution < -0.4 is 15.0 Å². The van der Waals surface area contributed by atoms with Crippen LogP contribution >= 0.6 is 0 Å². The molecule has 0 radical (unpaired) electrons. The number of ether oxygens (including phenoxy) is 1. The van der Waals surface area contributed by atoms with E-state index in [1.54, 1.807) is 54.7 Å². The molecule has 0 atom stereocenters. The summed E-state index contributed by atoms with van der Waals surface area (Å²) in [6, 6.07) is 16.3. The third-order valence-electron chi connectivity index (χ3n) is 5.03. The lowest BCUT2D eigenvalue weighted by atomic mass is 10.1. The summed E-state index contributed by atoms with van der Waals surface area (Å²) in [6.07, 6.45) is 4.16. The maximum atomic E-state index is 13.0. The molecule has 6 heteroatoms. The summed E-state index contributed by atoms with van der Waals surface area (Å²) in [5, 5.41) is 2.91. The van der Waals surface area contributed by atoms with E-state index in [-0.39, 0.29) is 11.8 Å². The van der Waals surface area contributed by atoms with Gasteiger partial charge in [0.1, 0.15) is 5.75 Å². The number of carbonyl (C=O) groups excluding carboxylic acids is 2. The maximum Gasteiger partial charge on any atom is 0.258 e. The number of nitrogens with one attached hydrogen (secondary N) is 1. The zero-order valence-corrected chi connectivity index (χ0v) is 16.1. The third kappa shape index (κ3) is 3.96. The molecule has 146 valence electrons. The molecule has 1 N–H and O–H groups in total. The average molecular weight is 387 g/mol. The summed E-state index contributed by atoms with van der Waals surface area (Å²) in [5.41, 5.74) is 3.96. The first-order valence-corrected chi connectivity index (χ1v) is 9.41. The molecule has 0 unspecified atom stereocenters. The minimum atomic E-state index is -0.173. The summed E-state index contributed by atoms with van der Waals surface area (Å²) in [6.45, 7) is 1.02. The monoisotopic (exact) mass is 387 g/mol. The second kappa shape index (κ2) is 8.14. The highest BCUT2D eigenvalue weighted by atomic mass is 16.5. The van der Waals surface area contributed by atoms with E-state index >= 15 is 0 Å². The first-order chi connectivity index (χ1) is 14.2. The smallest absolute Gasteiger partial charge is 0.258 e. The Morgan fingerprint density at radius 1 is 1.03 bits per heavy atom. The van der Waals surface area contributed by atoms with Crippen LogP contribution in [0.3, 0.4) is 0 Å². The van der Waals surface area contributed by atoms with Crippen molar-refractivity contribution in [3.63, 3.8) is 0 Å². The number of amides is 2. The van der Waals surface area contributed by atoms with Crippen LogP contribution in [0.2, 0.25) is 0 Å². The lowest BCUT2D eigenvalue weighted by Gasteiger charge is -2.18. The van der Waals surface area contributed by atoms with Gasteiger partial charge < -0.3 is 15.0 Å². The van der Waals surface area contributed by atoms with Crippen molar-refractivity contribution in [1.29, 1.82) is 0 Å². The van der Waals surface area contributed by atoms with Gasteiger partial charge in [0.2, 0.25) is 0 Å². The van der Waals surface area contributed by atoms with E-state index in [0.717, 1.165) is 23.2 Å². The molecular formula is C23H21N3O3. The van der Waals surface area contributed by atoms with Gasteiger partial charge >= 0.3 is 0 Å².